The summed E-state index contributed by atoms with van der Waals surface area (Å²) in [7, 11) is 0. The third kappa shape index (κ3) is 4.31. The van der Waals surface area contributed by atoms with Crippen molar-refractivity contribution in [3.63, 3.8) is 0 Å². The van der Waals surface area contributed by atoms with Gasteiger partial charge < -0.3 is 4.90 Å². The molecule has 5 nitrogen and oxygen atoms in total. The van der Waals surface area contributed by atoms with Crippen LogP contribution in [0, 0.1) is 13.8 Å². The molecule has 0 bridgehead atoms. The van der Waals surface area contributed by atoms with Crippen LogP contribution in [0.1, 0.15) is 53.6 Å². The van der Waals surface area contributed by atoms with Crippen LogP contribution in [0.5, 0.6) is 0 Å². The Labute approximate surface area is 194 Å². The first-order valence-corrected chi connectivity index (χ1v) is 11.4. The molecular weight excluding hydrogens is 410 g/mol. The number of aromatic nitrogens is 2. The Balaban J connectivity index is 1.93. The lowest BCUT2D eigenvalue weighted by Gasteiger charge is -2.31. The van der Waals surface area contributed by atoms with Crippen molar-refractivity contribution >= 4 is 16.8 Å². The van der Waals surface area contributed by atoms with Gasteiger partial charge in [-0.25, -0.2) is 4.98 Å². The van der Waals surface area contributed by atoms with Gasteiger partial charge in [0.1, 0.15) is 5.82 Å². The normalized spacial score (nSPS) is 12.0. The molecule has 5 heteroatoms. The third-order valence-corrected chi connectivity index (χ3v) is 6.00. The van der Waals surface area contributed by atoms with Crippen molar-refractivity contribution < 1.29 is 4.79 Å². The molecule has 0 saturated heterocycles. The number of rotatable bonds is 6. The van der Waals surface area contributed by atoms with E-state index in [1.54, 1.807) is 10.6 Å². The monoisotopic (exact) mass is 439 g/mol. The lowest BCUT2D eigenvalue weighted by atomic mass is 10.1. The maximum Gasteiger partial charge on any atom is 0.266 e. The molecule has 33 heavy (non-hydrogen) atoms. The molecule has 0 aliphatic heterocycles. The predicted molar refractivity (Wildman–Crippen MR) is 133 cm³/mol. The SMILES string of the molecule is CCCN(C(=O)c1ccccc1C)C(C)c1nc2ccccc2c(=O)n1-c1cccc(C)c1. The van der Waals surface area contributed by atoms with Crippen molar-refractivity contribution in [2.24, 2.45) is 0 Å². The van der Waals surface area contributed by atoms with Gasteiger partial charge in [-0.2, -0.15) is 0 Å². The summed E-state index contributed by atoms with van der Waals surface area (Å²) in [6, 6.07) is 22.4. The second-order valence-electron chi connectivity index (χ2n) is 8.46. The molecule has 4 rings (SSSR count). The summed E-state index contributed by atoms with van der Waals surface area (Å²) in [6.45, 7) is 8.50. The lowest BCUT2D eigenvalue weighted by Crippen LogP contribution is -2.38. The van der Waals surface area contributed by atoms with Crippen molar-refractivity contribution in [3.8, 4) is 5.69 Å². The van der Waals surface area contributed by atoms with E-state index < -0.39 is 6.04 Å². The topological polar surface area (TPSA) is 55.2 Å². The van der Waals surface area contributed by atoms with E-state index in [-0.39, 0.29) is 11.5 Å². The van der Waals surface area contributed by atoms with E-state index in [4.69, 9.17) is 4.98 Å². The van der Waals surface area contributed by atoms with E-state index in [1.165, 1.54) is 0 Å². The summed E-state index contributed by atoms with van der Waals surface area (Å²) < 4.78 is 1.66. The molecule has 0 radical (unpaired) electrons. The number of carbonyl (C=O) groups is 1. The van der Waals surface area contributed by atoms with E-state index in [2.05, 4.69) is 0 Å². The maximum absolute atomic E-state index is 13.7. The summed E-state index contributed by atoms with van der Waals surface area (Å²) in [6.07, 6.45) is 0.796. The Morgan fingerprint density at radius 1 is 1.00 bits per heavy atom. The van der Waals surface area contributed by atoms with Gasteiger partial charge in [-0.1, -0.05) is 49.4 Å². The van der Waals surface area contributed by atoms with E-state index in [0.717, 1.165) is 23.2 Å². The highest BCUT2D eigenvalue weighted by atomic mass is 16.2. The molecule has 168 valence electrons. The Kier molecular flexibility index (Phi) is 6.40. The van der Waals surface area contributed by atoms with Gasteiger partial charge in [-0.3, -0.25) is 14.2 Å². The fraction of sp³-hybridized carbons (Fsp3) is 0.250. The molecule has 1 unspecified atom stereocenters. The van der Waals surface area contributed by atoms with E-state index in [9.17, 15) is 9.59 Å². The van der Waals surface area contributed by atoms with E-state index in [0.29, 0.717) is 28.8 Å². The molecule has 1 aromatic heterocycles. The molecule has 1 atom stereocenters. The lowest BCUT2D eigenvalue weighted by molar-refractivity contribution is 0.0680. The van der Waals surface area contributed by atoms with Gasteiger partial charge in [0.25, 0.3) is 11.5 Å². The zero-order valence-electron chi connectivity index (χ0n) is 19.6. The van der Waals surface area contributed by atoms with Crippen molar-refractivity contribution in [1.82, 2.24) is 14.5 Å². The number of nitrogens with zero attached hydrogens (tertiary/aromatic N) is 3. The second kappa shape index (κ2) is 9.41. The molecule has 0 aliphatic carbocycles. The molecular formula is C28H29N3O2. The summed E-state index contributed by atoms with van der Waals surface area (Å²) in [4.78, 5) is 34.0. The highest BCUT2D eigenvalue weighted by Crippen LogP contribution is 2.25. The fourth-order valence-corrected chi connectivity index (χ4v) is 4.27. The predicted octanol–water partition coefficient (Wildman–Crippen LogP) is 5.62. The van der Waals surface area contributed by atoms with Gasteiger partial charge in [0.2, 0.25) is 0 Å². The number of aryl methyl sites for hydroxylation is 2. The molecule has 1 heterocycles. The number of para-hydroxylation sites is 1. The van der Waals surface area contributed by atoms with Crippen LogP contribution in [-0.2, 0) is 0 Å². The standard InChI is InChI=1S/C28H29N3O2/c1-5-17-30(27(32)23-14-7-6-12-20(23)3)21(4)26-29-25-16-9-8-15-24(25)28(33)31(26)22-13-10-11-19(2)18-22/h6-16,18,21H,5,17H2,1-4H3. The van der Waals surface area contributed by atoms with Crippen LogP contribution in [0.2, 0.25) is 0 Å². The van der Waals surface area contributed by atoms with Crippen LogP contribution < -0.4 is 5.56 Å². The van der Waals surface area contributed by atoms with Crippen LogP contribution in [0.4, 0.5) is 0 Å². The Bertz CT molecular complexity index is 1370. The quantitative estimate of drug-likeness (QED) is 0.392. The first kappa shape index (κ1) is 22.5. The van der Waals surface area contributed by atoms with Gasteiger partial charge in [0, 0.05) is 12.1 Å². The zero-order chi connectivity index (χ0) is 23.5. The van der Waals surface area contributed by atoms with Gasteiger partial charge in [0.05, 0.1) is 22.6 Å². The Morgan fingerprint density at radius 2 is 1.73 bits per heavy atom. The van der Waals surface area contributed by atoms with Crippen LogP contribution in [0.15, 0.2) is 77.6 Å². The molecule has 0 N–H and O–H groups in total. The van der Waals surface area contributed by atoms with Gasteiger partial charge in [0.15, 0.2) is 0 Å². The molecule has 1 amide bonds. The number of benzene rings is 3. The number of carbonyl (C=O) groups excluding carboxylic acids is 1. The van der Waals surface area contributed by atoms with Gasteiger partial charge in [-0.05, 0) is 68.7 Å². The minimum Gasteiger partial charge on any atom is -0.329 e. The Hall–Kier alpha value is -3.73. The number of hydrogen-bond acceptors (Lipinski definition) is 3. The van der Waals surface area contributed by atoms with Gasteiger partial charge in [-0.15, -0.1) is 0 Å². The first-order valence-electron chi connectivity index (χ1n) is 11.4. The van der Waals surface area contributed by atoms with Crippen LogP contribution in [-0.4, -0.2) is 26.9 Å². The van der Waals surface area contributed by atoms with Crippen LogP contribution in [0.25, 0.3) is 16.6 Å². The first-order chi connectivity index (χ1) is 15.9. The second-order valence-corrected chi connectivity index (χ2v) is 8.46. The summed E-state index contributed by atoms with van der Waals surface area (Å²) in [5.74, 6) is 0.500. The smallest absolute Gasteiger partial charge is 0.266 e. The average molecular weight is 440 g/mol. The van der Waals surface area contributed by atoms with Crippen LogP contribution >= 0.6 is 0 Å². The molecule has 0 aliphatic rings. The molecule has 0 spiro atoms. The Morgan fingerprint density at radius 3 is 2.45 bits per heavy atom. The minimum atomic E-state index is -0.408. The molecule has 0 saturated carbocycles. The highest BCUT2D eigenvalue weighted by molar-refractivity contribution is 5.95. The van der Waals surface area contributed by atoms with Crippen molar-refractivity contribution in [3.05, 3.63) is 106 Å². The number of amides is 1. The van der Waals surface area contributed by atoms with Crippen LogP contribution in [0.3, 0.4) is 0 Å². The summed E-state index contributed by atoms with van der Waals surface area (Å²) in [5.41, 5.74) is 3.90. The summed E-state index contributed by atoms with van der Waals surface area (Å²) >= 11 is 0. The third-order valence-electron chi connectivity index (χ3n) is 6.00. The molecule has 0 fully saturated rings. The van der Waals surface area contributed by atoms with Crippen molar-refractivity contribution in [2.45, 2.75) is 40.2 Å². The van der Waals surface area contributed by atoms with Crippen molar-refractivity contribution in [2.75, 3.05) is 6.54 Å². The largest absolute Gasteiger partial charge is 0.329 e. The average Bonchev–Trinajstić information content (AvgIpc) is 2.82. The fourth-order valence-electron chi connectivity index (χ4n) is 4.27. The molecule has 4 aromatic rings. The molecule has 3 aromatic carbocycles. The highest BCUT2D eigenvalue weighted by Gasteiger charge is 2.27. The minimum absolute atomic E-state index is 0.0550. The number of hydrogen-bond donors (Lipinski definition) is 0. The number of fused-ring (bicyclic) bond motifs is 1. The van der Waals surface area contributed by atoms with Gasteiger partial charge >= 0.3 is 0 Å². The van der Waals surface area contributed by atoms with E-state index >= 15 is 0 Å². The van der Waals surface area contributed by atoms with E-state index in [1.807, 2.05) is 99.3 Å². The zero-order valence-corrected chi connectivity index (χ0v) is 19.6. The summed E-state index contributed by atoms with van der Waals surface area (Å²) in [5, 5.41) is 0.558. The maximum atomic E-state index is 13.7. The van der Waals surface area contributed by atoms with Crippen molar-refractivity contribution in [1.29, 1.82) is 0 Å².